The molecule has 2 bridgehead atoms. The largest absolute Gasteiger partial charge is 0.456 e. The molecule has 1 amide bonds. The van der Waals surface area contributed by atoms with Gasteiger partial charge in [0.2, 0.25) is 0 Å². The van der Waals surface area contributed by atoms with Crippen molar-refractivity contribution in [2.24, 2.45) is 16.7 Å². The molecule has 1 aliphatic heterocycles. The van der Waals surface area contributed by atoms with Gasteiger partial charge < -0.3 is 48.7 Å². The topological polar surface area (TPSA) is 213 Å². The van der Waals surface area contributed by atoms with Gasteiger partial charge in [-0.25, -0.2) is 14.4 Å². The highest BCUT2D eigenvalue weighted by Crippen LogP contribution is 2.64. The third kappa shape index (κ3) is 10.8. The zero-order valence-corrected chi connectivity index (χ0v) is 43.3. The van der Waals surface area contributed by atoms with Gasteiger partial charge in [-0.05, 0) is 82.6 Å². The van der Waals surface area contributed by atoms with Crippen molar-refractivity contribution in [2.45, 2.75) is 192 Å². The van der Waals surface area contributed by atoms with Crippen LogP contribution in [-0.2, 0) is 42.5 Å². The molecule has 6 rings (SSSR count). The lowest BCUT2D eigenvalue weighted by Crippen LogP contribution is -2.81. The maximum absolute atomic E-state index is 15.3. The van der Waals surface area contributed by atoms with Crippen molar-refractivity contribution in [3.05, 3.63) is 82.9 Å². The number of nitrogens with one attached hydrogen (secondary N) is 1. The van der Waals surface area contributed by atoms with Crippen LogP contribution in [0.25, 0.3) is 0 Å². The summed E-state index contributed by atoms with van der Waals surface area (Å²) in [5, 5.41) is 41.3. The monoisotopic (exact) mass is 977 g/mol. The lowest BCUT2D eigenvalue weighted by molar-refractivity contribution is -0.346. The number of amides is 1. The van der Waals surface area contributed by atoms with Crippen LogP contribution in [-0.4, -0.2) is 113 Å². The van der Waals surface area contributed by atoms with E-state index < -0.39 is 121 Å². The SMILES string of the molecule is CCCCCCCC[Si](C)(C)O[C@@H](C(=O)O[C@H]1C[C@@]2(O)[C@@H](OC(=O)c3ccccc3)[C@@H]3[C@]4(OC(C)=O)CO[C@@H]4C[C@H](O)[C@@]3(C)C(=O)[C@H](O)C(=C1C)C2(C)C)[C@@H](NC(=O)OC(C)(C)C)c1ccccc1. The number of fused-ring (bicyclic) bond motifs is 5. The lowest BCUT2D eigenvalue weighted by Gasteiger charge is -2.67. The van der Waals surface area contributed by atoms with Crippen molar-refractivity contribution in [3.63, 3.8) is 0 Å². The standard InChI is InChI=1S/C53H75NO14Si/c1-12-13-14-15-16-23-28-69(10,11)68-42(40(34-24-19-17-20-25-34)54-48(61)67-49(4,5)6)47(60)64-36-30-53(62)45(65-46(59)35-26-21-18-22-27-35)43-51(9,44(58)41(57)39(32(36)2)50(53,7)8)37(56)29-38-52(43,31-63-38)66-33(3)55/h17-22,24-27,36-38,40-43,45,56-57,62H,12-16,23,28-31H2,1-11H3,(H,54,61)/t36-,37-,38+,40-,41+,42+,43-,45-,51+,52-,53+/m0/s1. The third-order valence-corrected chi connectivity index (χ3v) is 17.6. The first-order chi connectivity index (χ1) is 32.2. The fourth-order valence-electron chi connectivity index (χ4n) is 11.4. The molecule has 2 aromatic carbocycles. The van der Waals surface area contributed by atoms with Gasteiger partial charge in [-0.2, -0.15) is 0 Å². The summed E-state index contributed by atoms with van der Waals surface area (Å²) in [4.78, 5) is 71.8. The van der Waals surface area contributed by atoms with Gasteiger partial charge in [0.05, 0.1) is 35.6 Å². The van der Waals surface area contributed by atoms with Gasteiger partial charge in [-0.15, -0.1) is 0 Å². The molecule has 0 unspecified atom stereocenters. The van der Waals surface area contributed by atoms with E-state index in [1.165, 1.54) is 26.0 Å². The predicted molar refractivity (Wildman–Crippen MR) is 258 cm³/mol. The van der Waals surface area contributed by atoms with E-state index in [-0.39, 0.29) is 29.7 Å². The van der Waals surface area contributed by atoms with Crippen molar-refractivity contribution >= 4 is 38.1 Å². The van der Waals surface area contributed by atoms with Crippen molar-refractivity contribution in [1.82, 2.24) is 5.32 Å². The molecule has 3 fully saturated rings. The number of ketones is 1. The predicted octanol–water partition coefficient (Wildman–Crippen LogP) is 7.85. The number of benzene rings is 2. The number of alkyl carbamates (subject to hydrolysis) is 1. The van der Waals surface area contributed by atoms with Gasteiger partial charge in [0.25, 0.3) is 0 Å². The van der Waals surface area contributed by atoms with E-state index in [4.69, 9.17) is 28.1 Å². The number of rotatable bonds is 17. The molecule has 16 heteroatoms. The summed E-state index contributed by atoms with van der Waals surface area (Å²) in [6.07, 6.45) is -4.26. The summed E-state index contributed by atoms with van der Waals surface area (Å²) < 4.78 is 37.7. The summed E-state index contributed by atoms with van der Waals surface area (Å²) in [6, 6.07) is 16.4. The van der Waals surface area contributed by atoms with Gasteiger partial charge >= 0.3 is 24.0 Å². The maximum atomic E-state index is 15.3. The Morgan fingerprint density at radius 2 is 1.52 bits per heavy atom. The Bertz CT molecular complexity index is 2230. The van der Waals surface area contributed by atoms with Gasteiger partial charge in [0.15, 0.2) is 25.8 Å². The van der Waals surface area contributed by atoms with E-state index in [0.29, 0.717) is 11.6 Å². The van der Waals surface area contributed by atoms with Crippen molar-refractivity contribution < 1.29 is 67.4 Å². The molecule has 2 saturated carbocycles. The minimum absolute atomic E-state index is 0.00180. The van der Waals surface area contributed by atoms with E-state index in [0.717, 1.165) is 38.5 Å². The van der Waals surface area contributed by atoms with Gasteiger partial charge in [0, 0.05) is 25.2 Å². The molecule has 4 aliphatic rings. The quantitative estimate of drug-likeness (QED) is 0.0391. The summed E-state index contributed by atoms with van der Waals surface area (Å²) in [6.45, 7) is 18.5. The number of unbranched alkanes of at least 4 members (excludes halogenated alkanes) is 5. The van der Waals surface area contributed by atoms with Gasteiger partial charge in [-0.1, -0.05) is 108 Å². The lowest BCUT2D eigenvalue weighted by atomic mass is 9.44. The number of hydrogen-bond donors (Lipinski definition) is 4. The number of carbonyl (C=O) groups is 5. The fourth-order valence-corrected chi connectivity index (χ4v) is 13.5. The number of ether oxygens (including phenoxy) is 5. The Balaban J connectivity index is 1.50. The molecular weight excluding hydrogens is 903 g/mol. The first-order valence-electron chi connectivity index (χ1n) is 24.6. The Hall–Kier alpha value is -4.45. The molecule has 0 radical (unpaired) electrons. The normalized spacial score (nSPS) is 30.5. The van der Waals surface area contributed by atoms with E-state index >= 15 is 9.59 Å². The van der Waals surface area contributed by atoms with Crippen LogP contribution in [0, 0.1) is 16.7 Å². The number of esters is 3. The molecule has 380 valence electrons. The summed E-state index contributed by atoms with van der Waals surface area (Å²) in [5.74, 6) is -4.92. The summed E-state index contributed by atoms with van der Waals surface area (Å²) in [5.41, 5.74) is -7.68. The number of aliphatic hydroxyl groups excluding tert-OH is 2. The molecular formula is C53H75NO14Si. The highest BCUT2D eigenvalue weighted by atomic mass is 28.4. The van der Waals surface area contributed by atoms with Crippen LogP contribution in [0.15, 0.2) is 71.8 Å². The molecule has 3 aliphatic carbocycles. The minimum atomic E-state index is -2.77. The van der Waals surface area contributed by atoms with Crippen LogP contribution >= 0.6 is 0 Å². The molecule has 15 nitrogen and oxygen atoms in total. The molecule has 4 N–H and O–H groups in total. The van der Waals surface area contributed by atoms with Crippen LogP contribution < -0.4 is 5.32 Å². The van der Waals surface area contributed by atoms with Crippen LogP contribution in [0.2, 0.25) is 19.1 Å². The molecule has 1 saturated heterocycles. The Morgan fingerprint density at radius 1 is 0.913 bits per heavy atom. The van der Waals surface area contributed by atoms with Crippen molar-refractivity contribution in [3.8, 4) is 0 Å². The average molecular weight is 978 g/mol. The van der Waals surface area contributed by atoms with Crippen LogP contribution in [0.3, 0.4) is 0 Å². The second-order valence-electron chi connectivity index (χ2n) is 21.9. The van der Waals surface area contributed by atoms with Gasteiger partial charge in [0.1, 0.15) is 35.6 Å². The number of aliphatic hydroxyl groups is 3. The summed E-state index contributed by atoms with van der Waals surface area (Å²) in [7, 11) is -2.77. The highest BCUT2D eigenvalue weighted by molar-refractivity contribution is 6.71. The Kier molecular flexibility index (Phi) is 16.2. The minimum Gasteiger partial charge on any atom is -0.456 e. The molecule has 1 heterocycles. The Labute approximate surface area is 408 Å². The van der Waals surface area contributed by atoms with E-state index in [2.05, 4.69) is 12.2 Å². The fraction of sp³-hybridized carbons (Fsp3) is 0.642. The van der Waals surface area contributed by atoms with Crippen molar-refractivity contribution in [1.29, 1.82) is 0 Å². The van der Waals surface area contributed by atoms with Crippen LogP contribution in [0.4, 0.5) is 4.79 Å². The molecule has 0 spiro atoms. The number of carbonyl (C=O) groups excluding carboxylic acids is 5. The Morgan fingerprint density at radius 3 is 2.10 bits per heavy atom. The highest BCUT2D eigenvalue weighted by Gasteiger charge is 2.78. The van der Waals surface area contributed by atoms with Gasteiger partial charge in [-0.3, -0.25) is 9.59 Å². The van der Waals surface area contributed by atoms with E-state index in [1.807, 2.05) is 13.1 Å². The zero-order valence-electron chi connectivity index (χ0n) is 42.3. The number of hydrogen-bond acceptors (Lipinski definition) is 14. The third-order valence-electron chi connectivity index (χ3n) is 15.1. The molecule has 0 aromatic heterocycles. The smallest absolute Gasteiger partial charge is 0.408 e. The second-order valence-corrected chi connectivity index (χ2v) is 26.2. The first kappa shape index (κ1) is 53.9. The van der Waals surface area contributed by atoms with Crippen LogP contribution in [0.1, 0.15) is 136 Å². The zero-order chi connectivity index (χ0) is 50.9. The van der Waals surface area contributed by atoms with E-state index in [1.54, 1.807) is 90.1 Å². The van der Waals surface area contributed by atoms with Crippen molar-refractivity contribution in [2.75, 3.05) is 6.61 Å². The molecule has 11 atom stereocenters. The number of Topliss-reactive ketones (excluding diaryl/α,β-unsaturated/α-hetero) is 1. The van der Waals surface area contributed by atoms with E-state index in [9.17, 15) is 29.7 Å². The average Bonchev–Trinajstić information content (AvgIpc) is 3.27. The van der Waals surface area contributed by atoms with Crippen LogP contribution in [0.5, 0.6) is 0 Å². The second kappa shape index (κ2) is 20.7. The summed E-state index contributed by atoms with van der Waals surface area (Å²) >= 11 is 0. The maximum Gasteiger partial charge on any atom is 0.408 e. The molecule has 69 heavy (non-hydrogen) atoms. The first-order valence-corrected chi connectivity index (χ1v) is 27.7. The molecule has 2 aromatic rings.